The molecule has 1 unspecified atom stereocenters. The largest absolute Gasteiger partial charge is 0.448 e. The zero-order chi connectivity index (χ0) is 8.97. The molecule has 0 spiro atoms. The quantitative estimate of drug-likeness (QED) is 0.471. The van der Waals surface area contributed by atoms with Crippen LogP contribution in [0, 0.1) is 0 Å². The summed E-state index contributed by atoms with van der Waals surface area (Å²) in [5.41, 5.74) is 0.598. The average molecular weight is 276 g/mol. The second-order valence-corrected chi connectivity index (χ2v) is 4.07. The number of halogens is 1. The summed E-state index contributed by atoms with van der Waals surface area (Å²) in [7, 11) is 0. The number of carbonyl (C=O) groups excluding carboxylic acids is 1. The summed E-state index contributed by atoms with van der Waals surface area (Å²) in [6.07, 6.45) is 0. The highest BCUT2D eigenvalue weighted by molar-refractivity contribution is 14.1. The highest BCUT2D eigenvalue weighted by atomic mass is 127. The SMILES string of the molecule is CC(I)OC(=O)c1ccccc1. The highest BCUT2D eigenvalue weighted by Gasteiger charge is 2.07. The normalized spacial score (nSPS) is 12.2. The summed E-state index contributed by atoms with van der Waals surface area (Å²) >= 11 is 2.04. The Morgan fingerprint density at radius 3 is 2.50 bits per heavy atom. The topological polar surface area (TPSA) is 26.3 Å². The third kappa shape index (κ3) is 2.81. The molecular formula is C9H9IO2. The summed E-state index contributed by atoms with van der Waals surface area (Å²) in [4.78, 5) is 11.2. The Labute approximate surface area is 85.1 Å². The van der Waals surface area contributed by atoms with E-state index in [1.165, 1.54) is 0 Å². The molecule has 0 N–H and O–H groups in total. The van der Waals surface area contributed by atoms with Gasteiger partial charge in [0, 0.05) is 0 Å². The van der Waals surface area contributed by atoms with Crippen LogP contribution in [0.1, 0.15) is 17.3 Å². The Bertz CT molecular complexity index is 256. The van der Waals surface area contributed by atoms with Crippen molar-refractivity contribution in [2.24, 2.45) is 0 Å². The minimum absolute atomic E-state index is 0.0877. The Morgan fingerprint density at radius 1 is 1.42 bits per heavy atom. The van der Waals surface area contributed by atoms with Gasteiger partial charge in [-0.1, -0.05) is 18.2 Å². The van der Waals surface area contributed by atoms with E-state index >= 15 is 0 Å². The average Bonchev–Trinajstić information content (AvgIpc) is 2.05. The van der Waals surface area contributed by atoms with Gasteiger partial charge in [-0.05, 0) is 41.6 Å². The van der Waals surface area contributed by atoms with Crippen molar-refractivity contribution in [3.8, 4) is 0 Å². The predicted molar refractivity (Wildman–Crippen MR) is 55.3 cm³/mol. The van der Waals surface area contributed by atoms with Gasteiger partial charge in [0.05, 0.1) is 5.56 Å². The monoisotopic (exact) mass is 276 g/mol. The van der Waals surface area contributed by atoms with Crippen LogP contribution in [0.3, 0.4) is 0 Å². The minimum atomic E-state index is -0.266. The Hall–Kier alpha value is -0.580. The smallest absolute Gasteiger partial charge is 0.339 e. The van der Waals surface area contributed by atoms with E-state index in [1.54, 1.807) is 12.1 Å². The molecule has 1 aromatic carbocycles. The number of esters is 1. The lowest BCUT2D eigenvalue weighted by Crippen LogP contribution is -2.08. The van der Waals surface area contributed by atoms with Gasteiger partial charge in [-0.25, -0.2) is 4.79 Å². The molecule has 0 fully saturated rings. The third-order valence-electron chi connectivity index (χ3n) is 1.28. The van der Waals surface area contributed by atoms with E-state index < -0.39 is 0 Å². The molecule has 0 aliphatic carbocycles. The van der Waals surface area contributed by atoms with Crippen molar-refractivity contribution in [3.05, 3.63) is 35.9 Å². The third-order valence-corrected chi connectivity index (χ3v) is 1.53. The molecule has 0 bridgehead atoms. The van der Waals surface area contributed by atoms with Gasteiger partial charge in [-0.15, -0.1) is 0 Å². The van der Waals surface area contributed by atoms with Crippen LogP contribution in [0.5, 0.6) is 0 Å². The van der Waals surface area contributed by atoms with Crippen molar-refractivity contribution >= 4 is 28.6 Å². The van der Waals surface area contributed by atoms with Crippen LogP contribution in [-0.4, -0.2) is 10.1 Å². The first-order valence-electron chi connectivity index (χ1n) is 3.60. The maximum Gasteiger partial charge on any atom is 0.339 e. The first-order chi connectivity index (χ1) is 5.70. The van der Waals surface area contributed by atoms with Crippen LogP contribution < -0.4 is 0 Å². The van der Waals surface area contributed by atoms with Crippen molar-refractivity contribution < 1.29 is 9.53 Å². The van der Waals surface area contributed by atoms with Gasteiger partial charge < -0.3 is 4.74 Å². The van der Waals surface area contributed by atoms with Gasteiger partial charge in [0.1, 0.15) is 4.11 Å². The molecule has 0 aromatic heterocycles. The second-order valence-electron chi connectivity index (χ2n) is 2.31. The number of carbonyl (C=O) groups is 1. The number of hydrogen-bond acceptors (Lipinski definition) is 2. The predicted octanol–water partition coefficient (Wildman–Crippen LogP) is 2.62. The Morgan fingerprint density at radius 2 is 2.00 bits per heavy atom. The fourth-order valence-corrected chi connectivity index (χ4v) is 1.02. The van der Waals surface area contributed by atoms with Crippen LogP contribution in [0.25, 0.3) is 0 Å². The summed E-state index contributed by atoms with van der Waals surface area (Å²) < 4.78 is 4.90. The molecule has 12 heavy (non-hydrogen) atoms. The number of alkyl halides is 1. The van der Waals surface area contributed by atoms with Crippen LogP contribution in [-0.2, 0) is 4.74 Å². The molecule has 0 saturated heterocycles. The number of rotatable bonds is 2. The molecule has 1 atom stereocenters. The van der Waals surface area contributed by atoms with Gasteiger partial charge in [-0.2, -0.15) is 0 Å². The van der Waals surface area contributed by atoms with Crippen LogP contribution in [0.2, 0.25) is 0 Å². The summed E-state index contributed by atoms with van der Waals surface area (Å²) in [5.74, 6) is -0.266. The fraction of sp³-hybridized carbons (Fsp3) is 0.222. The molecule has 2 nitrogen and oxygen atoms in total. The molecule has 0 aliphatic rings. The van der Waals surface area contributed by atoms with Gasteiger partial charge >= 0.3 is 5.97 Å². The van der Waals surface area contributed by atoms with E-state index in [0.717, 1.165) is 0 Å². The van der Waals surface area contributed by atoms with Crippen LogP contribution in [0.4, 0.5) is 0 Å². The van der Waals surface area contributed by atoms with E-state index in [-0.39, 0.29) is 10.1 Å². The molecule has 3 heteroatoms. The van der Waals surface area contributed by atoms with Crippen molar-refractivity contribution in [2.75, 3.05) is 0 Å². The van der Waals surface area contributed by atoms with E-state index in [0.29, 0.717) is 5.56 Å². The van der Waals surface area contributed by atoms with Gasteiger partial charge in [0.2, 0.25) is 0 Å². The molecule has 0 heterocycles. The highest BCUT2D eigenvalue weighted by Crippen LogP contribution is 2.06. The van der Waals surface area contributed by atoms with E-state index in [2.05, 4.69) is 0 Å². The van der Waals surface area contributed by atoms with Crippen molar-refractivity contribution in [2.45, 2.75) is 11.0 Å². The molecule has 0 radical (unpaired) electrons. The first kappa shape index (κ1) is 9.51. The van der Waals surface area contributed by atoms with Crippen molar-refractivity contribution in [3.63, 3.8) is 0 Å². The Kier molecular flexibility index (Phi) is 3.52. The second kappa shape index (κ2) is 4.45. The molecular weight excluding hydrogens is 267 g/mol. The van der Waals surface area contributed by atoms with E-state index in [4.69, 9.17) is 4.74 Å². The minimum Gasteiger partial charge on any atom is -0.448 e. The van der Waals surface area contributed by atoms with Crippen molar-refractivity contribution in [1.29, 1.82) is 0 Å². The lowest BCUT2D eigenvalue weighted by molar-refractivity contribution is 0.0502. The van der Waals surface area contributed by atoms with E-state index in [1.807, 2.05) is 47.7 Å². The molecule has 0 aliphatic heterocycles. The summed E-state index contributed by atoms with van der Waals surface area (Å²) in [6.45, 7) is 1.82. The van der Waals surface area contributed by atoms with E-state index in [9.17, 15) is 4.79 Å². The summed E-state index contributed by atoms with van der Waals surface area (Å²) in [6, 6.07) is 8.97. The number of benzene rings is 1. The zero-order valence-electron chi connectivity index (χ0n) is 6.66. The van der Waals surface area contributed by atoms with Gasteiger partial charge in [-0.3, -0.25) is 0 Å². The van der Waals surface area contributed by atoms with Gasteiger partial charge in [0.25, 0.3) is 0 Å². The van der Waals surface area contributed by atoms with Gasteiger partial charge in [0.15, 0.2) is 0 Å². The lowest BCUT2D eigenvalue weighted by Gasteiger charge is -2.05. The molecule has 0 amide bonds. The van der Waals surface area contributed by atoms with Crippen LogP contribution in [0.15, 0.2) is 30.3 Å². The maximum atomic E-state index is 11.2. The van der Waals surface area contributed by atoms with Crippen LogP contribution >= 0.6 is 22.6 Å². The standard InChI is InChI=1S/C9H9IO2/c1-7(10)12-9(11)8-5-3-2-4-6-8/h2-7H,1H3. The molecule has 0 saturated carbocycles. The lowest BCUT2D eigenvalue weighted by atomic mass is 10.2. The van der Waals surface area contributed by atoms with Crippen molar-refractivity contribution in [1.82, 2.24) is 0 Å². The first-order valence-corrected chi connectivity index (χ1v) is 4.85. The molecule has 1 rings (SSSR count). The Balaban J connectivity index is 2.66. The number of hydrogen-bond donors (Lipinski definition) is 0. The number of ether oxygens (including phenoxy) is 1. The maximum absolute atomic E-state index is 11.2. The fourth-order valence-electron chi connectivity index (χ4n) is 0.790. The zero-order valence-corrected chi connectivity index (χ0v) is 8.82. The molecule has 64 valence electrons. The molecule has 1 aromatic rings. The summed E-state index contributed by atoms with van der Waals surface area (Å²) in [5, 5.41) is 0.